The van der Waals surface area contributed by atoms with Crippen LogP contribution >= 0.6 is 0 Å². The van der Waals surface area contributed by atoms with E-state index in [1.165, 1.54) is 5.56 Å². The molecule has 0 aromatic carbocycles. The Hall–Kier alpha value is -1.68. The van der Waals surface area contributed by atoms with Gasteiger partial charge in [-0.2, -0.15) is 5.10 Å². The first-order chi connectivity index (χ1) is 8.02. The minimum absolute atomic E-state index is 0.0529. The Morgan fingerprint density at radius 2 is 2.00 bits per heavy atom. The molecule has 90 valence electrons. The summed E-state index contributed by atoms with van der Waals surface area (Å²) in [6.45, 7) is 8.09. The largest absolute Gasteiger partial charge is 0.324 e. The molecule has 1 atom stereocenters. The normalized spacial score (nSPS) is 12.8. The second-order valence-electron chi connectivity index (χ2n) is 4.41. The van der Waals surface area contributed by atoms with Crippen LogP contribution in [-0.2, 0) is 0 Å². The first-order valence-electron chi connectivity index (χ1n) is 5.76. The van der Waals surface area contributed by atoms with Crippen LogP contribution in [0.15, 0.2) is 18.3 Å². The maximum atomic E-state index is 5.97. The minimum atomic E-state index is -0.0529. The Labute approximate surface area is 101 Å². The van der Waals surface area contributed by atoms with E-state index in [9.17, 15) is 0 Å². The van der Waals surface area contributed by atoms with Crippen molar-refractivity contribution >= 4 is 0 Å². The molecule has 0 saturated heterocycles. The highest BCUT2D eigenvalue weighted by Gasteiger charge is 2.14. The fourth-order valence-electron chi connectivity index (χ4n) is 1.87. The summed E-state index contributed by atoms with van der Waals surface area (Å²) in [6.07, 6.45) is 1.77. The molecule has 0 aliphatic rings. The second-order valence-corrected chi connectivity index (χ2v) is 4.41. The van der Waals surface area contributed by atoms with E-state index < -0.39 is 0 Å². The van der Waals surface area contributed by atoms with E-state index >= 15 is 0 Å². The van der Waals surface area contributed by atoms with Crippen LogP contribution in [0.2, 0.25) is 0 Å². The molecular weight excluding hydrogens is 212 g/mol. The number of hydrogen-bond donors (Lipinski definition) is 1. The lowest BCUT2D eigenvalue weighted by Gasteiger charge is -2.12. The van der Waals surface area contributed by atoms with Crippen LogP contribution in [0.5, 0.6) is 0 Å². The quantitative estimate of drug-likeness (QED) is 0.860. The van der Waals surface area contributed by atoms with Crippen molar-refractivity contribution in [2.45, 2.75) is 33.7 Å². The van der Waals surface area contributed by atoms with Crippen LogP contribution in [0.3, 0.4) is 0 Å². The van der Waals surface area contributed by atoms with E-state index in [1.807, 2.05) is 30.7 Å². The zero-order valence-corrected chi connectivity index (χ0v) is 10.7. The van der Waals surface area contributed by atoms with Crippen LogP contribution in [-0.4, -0.2) is 14.8 Å². The van der Waals surface area contributed by atoms with Gasteiger partial charge >= 0.3 is 0 Å². The average Bonchev–Trinajstić information content (AvgIpc) is 2.57. The van der Waals surface area contributed by atoms with Gasteiger partial charge in [0.15, 0.2) is 5.82 Å². The lowest BCUT2D eigenvalue weighted by molar-refractivity contribution is 0.745. The fraction of sp³-hybridized carbons (Fsp3) is 0.385. The van der Waals surface area contributed by atoms with Crippen molar-refractivity contribution < 1.29 is 0 Å². The van der Waals surface area contributed by atoms with E-state index in [2.05, 4.69) is 23.9 Å². The summed E-state index contributed by atoms with van der Waals surface area (Å²) in [5.74, 6) is 0.830. The first kappa shape index (κ1) is 11.8. The standard InChI is InChI=1S/C13H18N4/c1-8-10(3)16-17(11(8)4)13-12(9(2)14)6-5-7-15-13/h5-7,9H,14H2,1-4H3/t9-/m1/s1. The van der Waals surface area contributed by atoms with Crippen molar-refractivity contribution in [1.29, 1.82) is 0 Å². The predicted molar refractivity (Wildman–Crippen MR) is 68.2 cm³/mol. The van der Waals surface area contributed by atoms with Crippen LogP contribution < -0.4 is 5.73 Å². The smallest absolute Gasteiger partial charge is 0.158 e. The molecule has 4 nitrogen and oxygen atoms in total. The number of aromatic nitrogens is 3. The third-order valence-electron chi connectivity index (χ3n) is 3.16. The van der Waals surface area contributed by atoms with E-state index in [1.54, 1.807) is 6.20 Å². The maximum Gasteiger partial charge on any atom is 0.158 e. The Bertz CT molecular complexity index is 540. The third kappa shape index (κ3) is 1.96. The molecule has 0 saturated carbocycles. The maximum absolute atomic E-state index is 5.97. The topological polar surface area (TPSA) is 56.7 Å². The molecular formula is C13H18N4. The molecule has 0 fully saturated rings. The number of nitrogens with two attached hydrogens (primary N) is 1. The van der Waals surface area contributed by atoms with E-state index in [4.69, 9.17) is 5.73 Å². The van der Waals surface area contributed by atoms with Crippen LogP contribution in [0.25, 0.3) is 5.82 Å². The summed E-state index contributed by atoms with van der Waals surface area (Å²) in [7, 11) is 0. The molecule has 2 aromatic rings. The molecule has 4 heteroatoms. The van der Waals surface area contributed by atoms with Crippen LogP contribution in [0.1, 0.15) is 35.5 Å². The Kier molecular flexibility index (Phi) is 2.98. The summed E-state index contributed by atoms with van der Waals surface area (Å²) < 4.78 is 1.88. The van der Waals surface area contributed by atoms with Gasteiger partial charge in [0.2, 0.25) is 0 Å². The third-order valence-corrected chi connectivity index (χ3v) is 3.16. The van der Waals surface area contributed by atoms with Gasteiger partial charge in [-0.1, -0.05) is 6.07 Å². The van der Waals surface area contributed by atoms with E-state index in [0.29, 0.717) is 0 Å². The molecule has 17 heavy (non-hydrogen) atoms. The molecule has 0 unspecified atom stereocenters. The summed E-state index contributed by atoms with van der Waals surface area (Å²) in [5, 5.41) is 4.52. The van der Waals surface area contributed by atoms with Crippen LogP contribution in [0, 0.1) is 20.8 Å². The van der Waals surface area contributed by atoms with Gasteiger partial charge in [0, 0.05) is 23.5 Å². The van der Waals surface area contributed by atoms with Gasteiger partial charge in [0.05, 0.1) is 5.69 Å². The van der Waals surface area contributed by atoms with Crippen molar-refractivity contribution in [2.24, 2.45) is 5.73 Å². The van der Waals surface area contributed by atoms with Crippen molar-refractivity contribution in [1.82, 2.24) is 14.8 Å². The lowest BCUT2D eigenvalue weighted by Crippen LogP contribution is -2.12. The number of hydrogen-bond acceptors (Lipinski definition) is 3. The molecule has 0 radical (unpaired) electrons. The number of pyridine rings is 1. The molecule has 0 aliphatic heterocycles. The molecule has 0 spiro atoms. The van der Waals surface area contributed by atoms with Gasteiger partial charge < -0.3 is 5.73 Å². The summed E-state index contributed by atoms with van der Waals surface area (Å²) >= 11 is 0. The van der Waals surface area contributed by atoms with Crippen molar-refractivity contribution in [2.75, 3.05) is 0 Å². The lowest BCUT2D eigenvalue weighted by atomic mass is 10.1. The Morgan fingerprint density at radius 3 is 2.53 bits per heavy atom. The monoisotopic (exact) mass is 230 g/mol. The highest BCUT2D eigenvalue weighted by Crippen LogP contribution is 2.21. The molecule has 0 bridgehead atoms. The zero-order chi connectivity index (χ0) is 12.6. The molecule has 2 N–H and O–H groups in total. The predicted octanol–water partition coefficient (Wildman–Crippen LogP) is 2.21. The fourth-order valence-corrected chi connectivity index (χ4v) is 1.87. The van der Waals surface area contributed by atoms with Gasteiger partial charge in [-0.15, -0.1) is 0 Å². The second kappa shape index (κ2) is 4.30. The van der Waals surface area contributed by atoms with Crippen molar-refractivity contribution in [3.05, 3.63) is 40.8 Å². The van der Waals surface area contributed by atoms with Gasteiger partial charge in [0.1, 0.15) is 0 Å². The number of aryl methyl sites for hydroxylation is 1. The van der Waals surface area contributed by atoms with Gasteiger partial charge in [0.25, 0.3) is 0 Å². The Balaban J connectivity index is 2.64. The van der Waals surface area contributed by atoms with Gasteiger partial charge in [-0.05, 0) is 39.3 Å². The average molecular weight is 230 g/mol. The zero-order valence-electron chi connectivity index (χ0n) is 10.7. The van der Waals surface area contributed by atoms with Gasteiger partial charge in [-0.3, -0.25) is 0 Å². The van der Waals surface area contributed by atoms with E-state index in [0.717, 1.165) is 22.8 Å². The van der Waals surface area contributed by atoms with Crippen LogP contribution in [0.4, 0.5) is 0 Å². The molecule has 0 amide bonds. The summed E-state index contributed by atoms with van der Waals surface area (Å²) in [6, 6.07) is 3.85. The Morgan fingerprint density at radius 1 is 1.29 bits per heavy atom. The minimum Gasteiger partial charge on any atom is -0.324 e. The summed E-state index contributed by atoms with van der Waals surface area (Å²) in [4.78, 5) is 4.41. The SMILES string of the molecule is Cc1nn(-c2ncccc2[C@@H](C)N)c(C)c1C. The first-order valence-corrected chi connectivity index (χ1v) is 5.76. The highest BCUT2D eigenvalue weighted by molar-refractivity contribution is 5.39. The highest BCUT2D eigenvalue weighted by atomic mass is 15.3. The molecule has 2 rings (SSSR count). The van der Waals surface area contributed by atoms with Gasteiger partial charge in [-0.25, -0.2) is 9.67 Å². The molecule has 2 heterocycles. The molecule has 2 aromatic heterocycles. The van der Waals surface area contributed by atoms with Crippen molar-refractivity contribution in [3.63, 3.8) is 0 Å². The number of nitrogens with zero attached hydrogens (tertiary/aromatic N) is 3. The number of rotatable bonds is 2. The summed E-state index contributed by atoms with van der Waals surface area (Å²) in [5.41, 5.74) is 10.3. The molecule has 0 aliphatic carbocycles. The van der Waals surface area contributed by atoms with E-state index in [-0.39, 0.29) is 6.04 Å². The van der Waals surface area contributed by atoms with Crippen molar-refractivity contribution in [3.8, 4) is 5.82 Å².